The molecule has 2 aromatic carbocycles. The maximum Gasteiger partial charge on any atom is 0.175 e. The van der Waals surface area contributed by atoms with Crippen LogP contribution < -0.4 is 10.6 Å². The van der Waals surface area contributed by atoms with E-state index in [2.05, 4.69) is 25.6 Å². The third kappa shape index (κ3) is 3.14. The Morgan fingerprint density at radius 2 is 1.31 bits per heavy atom. The highest BCUT2D eigenvalue weighted by Gasteiger charge is 2.14. The maximum atomic E-state index is 5.43. The molecule has 0 aliphatic heterocycles. The number of thiocarbonyl (C=S) groups is 1. The molecule has 6 aromatic rings. The molecule has 32 heavy (non-hydrogen) atoms. The van der Waals surface area contributed by atoms with Crippen LogP contribution in [0.3, 0.4) is 0 Å². The summed E-state index contributed by atoms with van der Waals surface area (Å²) in [5, 5.41) is 8.65. The Kier molecular flexibility index (Phi) is 4.29. The number of hydrogen-bond donors (Lipinski definition) is 2. The topological polar surface area (TPSA) is 88.5 Å². The lowest BCUT2D eigenvalue weighted by molar-refractivity contribution is 1.33. The maximum absolute atomic E-state index is 5.43. The summed E-state index contributed by atoms with van der Waals surface area (Å²) in [7, 11) is 0. The van der Waals surface area contributed by atoms with Gasteiger partial charge in [0.15, 0.2) is 5.11 Å². The van der Waals surface area contributed by atoms with E-state index < -0.39 is 0 Å². The highest BCUT2D eigenvalue weighted by molar-refractivity contribution is 7.80. The molecule has 0 spiro atoms. The first-order valence-corrected chi connectivity index (χ1v) is 10.4. The van der Waals surface area contributed by atoms with Gasteiger partial charge in [-0.05, 0) is 66.8 Å². The summed E-state index contributed by atoms with van der Waals surface area (Å²) < 4.78 is 0. The smallest absolute Gasteiger partial charge is 0.175 e. The van der Waals surface area contributed by atoms with E-state index >= 15 is 0 Å². The summed E-state index contributed by atoms with van der Waals surface area (Å²) in [4.78, 5) is 23.1. The normalized spacial score (nSPS) is 11.2. The molecule has 0 fully saturated rings. The minimum atomic E-state index is 0.470. The lowest BCUT2D eigenvalue weighted by Gasteiger charge is -2.12. The van der Waals surface area contributed by atoms with Crippen LogP contribution in [0.2, 0.25) is 0 Å². The van der Waals surface area contributed by atoms with Gasteiger partial charge in [0.2, 0.25) is 0 Å². The van der Waals surface area contributed by atoms with Gasteiger partial charge in [0.05, 0.1) is 45.0 Å². The fraction of sp³-hybridized carbons (Fsp3) is 0. The van der Waals surface area contributed by atoms with Crippen LogP contribution in [0.1, 0.15) is 0 Å². The summed E-state index contributed by atoms with van der Waals surface area (Å²) in [6, 6.07) is 17.4. The Labute approximate surface area is 187 Å². The van der Waals surface area contributed by atoms with Crippen LogP contribution in [0.4, 0.5) is 11.4 Å². The monoisotopic (exact) mass is 433 g/mol. The van der Waals surface area contributed by atoms with E-state index in [1.54, 1.807) is 24.8 Å². The highest BCUT2D eigenvalue weighted by atomic mass is 32.1. The van der Waals surface area contributed by atoms with Crippen LogP contribution >= 0.6 is 12.2 Å². The largest absolute Gasteiger partial charge is 0.332 e. The number of anilines is 2. The molecule has 0 unspecified atom stereocenters. The molecule has 0 atom stereocenters. The molecule has 0 saturated carbocycles. The molecule has 8 heteroatoms. The molecule has 4 aromatic heterocycles. The van der Waals surface area contributed by atoms with Crippen molar-refractivity contribution >= 4 is 72.6 Å². The van der Waals surface area contributed by atoms with Crippen LogP contribution in [0, 0.1) is 0 Å². The van der Waals surface area contributed by atoms with Crippen LogP contribution in [0.5, 0.6) is 0 Å². The Morgan fingerprint density at radius 1 is 0.656 bits per heavy atom. The van der Waals surface area contributed by atoms with Crippen LogP contribution in [0.25, 0.3) is 43.9 Å². The number of nitrogens with zero attached hydrogens (tertiary/aromatic N) is 5. The molecule has 0 amide bonds. The molecule has 7 nitrogen and oxygen atoms in total. The molecule has 0 radical (unpaired) electrons. The summed E-state index contributed by atoms with van der Waals surface area (Å²) >= 11 is 5.43. The van der Waals surface area contributed by atoms with Gasteiger partial charge in [-0.25, -0.2) is 9.97 Å². The quantitative estimate of drug-likeness (QED) is 0.222. The van der Waals surface area contributed by atoms with Crippen molar-refractivity contribution in [3.05, 3.63) is 79.4 Å². The van der Waals surface area contributed by atoms with Gasteiger partial charge in [-0.3, -0.25) is 15.0 Å². The second-order valence-electron chi connectivity index (χ2n) is 7.24. The molecule has 0 aliphatic rings. The predicted molar refractivity (Wildman–Crippen MR) is 132 cm³/mol. The van der Waals surface area contributed by atoms with Gasteiger partial charge < -0.3 is 10.6 Å². The number of hydrogen-bond acceptors (Lipinski definition) is 6. The van der Waals surface area contributed by atoms with Crippen molar-refractivity contribution in [2.45, 2.75) is 0 Å². The van der Waals surface area contributed by atoms with E-state index in [1.165, 1.54) is 0 Å². The second-order valence-corrected chi connectivity index (χ2v) is 7.65. The molecule has 0 bridgehead atoms. The van der Waals surface area contributed by atoms with Crippen molar-refractivity contribution in [2.24, 2.45) is 0 Å². The third-order valence-electron chi connectivity index (χ3n) is 5.19. The Hall–Kier alpha value is -4.30. The number of benzene rings is 2. The van der Waals surface area contributed by atoms with Crippen molar-refractivity contribution in [2.75, 3.05) is 10.6 Å². The molecule has 2 N–H and O–H groups in total. The Morgan fingerprint density at radius 3 is 2.00 bits per heavy atom. The first-order chi connectivity index (χ1) is 15.8. The first-order valence-electron chi connectivity index (χ1n) is 9.97. The fourth-order valence-corrected chi connectivity index (χ4v) is 4.04. The van der Waals surface area contributed by atoms with Gasteiger partial charge in [0.1, 0.15) is 0 Å². The number of fused-ring (bicyclic) bond motifs is 7. The third-order valence-corrected chi connectivity index (χ3v) is 5.40. The summed E-state index contributed by atoms with van der Waals surface area (Å²) in [5.74, 6) is 0. The zero-order valence-corrected chi connectivity index (χ0v) is 17.5. The number of aromatic nitrogens is 5. The van der Waals surface area contributed by atoms with Crippen molar-refractivity contribution in [3.8, 4) is 0 Å². The fourth-order valence-electron chi connectivity index (χ4n) is 3.81. The van der Waals surface area contributed by atoms with Crippen LogP contribution in [-0.2, 0) is 0 Å². The highest BCUT2D eigenvalue weighted by Crippen LogP contribution is 2.32. The van der Waals surface area contributed by atoms with Gasteiger partial charge in [0, 0.05) is 35.1 Å². The number of rotatable bonds is 2. The Bertz CT molecular complexity index is 1650. The zero-order chi connectivity index (χ0) is 21.5. The van der Waals surface area contributed by atoms with E-state index in [-0.39, 0.29) is 0 Å². The molecule has 4 heterocycles. The van der Waals surface area contributed by atoms with E-state index in [4.69, 9.17) is 22.2 Å². The Balaban J connectivity index is 1.47. The van der Waals surface area contributed by atoms with E-state index in [1.807, 2.05) is 54.6 Å². The lowest BCUT2D eigenvalue weighted by atomic mass is 10.1. The molecule has 0 saturated heterocycles. The summed E-state index contributed by atoms with van der Waals surface area (Å²) in [6.07, 6.45) is 6.98. The lowest BCUT2D eigenvalue weighted by Crippen LogP contribution is -2.19. The molecule has 6 rings (SSSR count). The van der Waals surface area contributed by atoms with Crippen molar-refractivity contribution in [1.82, 2.24) is 24.9 Å². The van der Waals surface area contributed by atoms with Crippen molar-refractivity contribution in [3.63, 3.8) is 0 Å². The van der Waals surface area contributed by atoms with Gasteiger partial charge in [0.25, 0.3) is 0 Å². The van der Waals surface area contributed by atoms with Crippen molar-refractivity contribution < 1.29 is 0 Å². The average molecular weight is 434 g/mol. The van der Waals surface area contributed by atoms with Crippen molar-refractivity contribution in [1.29, 1.82) is 0 Å². The summed E-state index contributed by atoms with van der Waals surface area (Å²) in [5.41, 5.74) is 6.45. The number of nitrogens with one attached hydrogen (secondary N) is 2. The SMILES string of the molecule is S=C(Nc1cccnc1)Nc1ccc2nc3c4cccnc4c4ncccc4c3nc2c1. The average Bonchev–Trinajstić information content (AvgIpc) is 2.84. The molecule has 152 valence electrons. The van der Waals surface area contributed by atoms with E-state index in [0.717, 1.165) is 55.2 Å². The minimum absolute atomic E-state index is 0.470. The van der Waals surface area contributed by atoms with Gasteiger partial charge in [-0.1, -0.05) is 0 Å². The van der Waals surface area contributed by atoms with Gasteiger partial charge in [-0.2, -0.15) is 0 Å². The standard InChI is InChI=1S/C24H15N7S/c32-24(29-15-4-1-9-25-13-15)28-14-7-8-18-19(12-14)31-23-17-6-3-11-27-21(17)20-16(22(23)30-18)5-2-10-26-20/h1-13H,(H2,28,29,32). The predicted octanol–water partition coefficient (Wildman–Crippen LogP) is 5.08. The van der Waals surface area contributed by atoms with E-state index in [9.17, 15) is 0 Å². The zero-order valence-electron chi connectivity index (χ0n) is 16.6. The minimum Gasteiger partial charge on any atom is -0.332 e. The van der Waals surface area contributed by atoms with Gasteiger partial charge >= 0.3 is 0 Å². The number of pyridine rings is 3. The van der Waals surface area contributed by atoms with Crippen LogP contribution in [-0.4, -0.2) is 30.0 Å². The molecular formula is C24H15N7S. The molecule has 0 aliphatic carbocycles. The first kappa shape index (κ1) is 18.5. The molecular weight excluding hydrogens is 418 g/mol. The van der Waals surface area contributed by atoms with E-state index in [0.29, 0.717) is 5.11 Å². The summed E-state index contributed by atoms with van der Waals surface area (Å²) in [6.45, 7) is 0. The second kappa shape index (κ2) is 7.44. The van der Waals surface area contributed by atoms with Crippen LogP contribution in [0.15, 0.2) is 79.4 Å². The van der Waals surface area contributed by atoms with Gasteiger partial charge in [-0.15, -0.1) is 0 Å².